The fourth-order valence-corrected chi connectivity index (χ4v) is 4.24. The Morgan fingerprint density at radius 3 is 2.48 bits per heavy atom. The number of amides is 3. The van der Waals surface area contributed by atoms with Crippen molar-refractivity contribution in [2.24, 2.45) is 5.92 Å². The first-order chi connectivity index (χ1) is 15.7. The van der Waals surface area contributed by atoms with Crippen LogP contribution in [0.1, 0.15) is 32.8 Å². The summed E-state index contributed by atoms with van der Waals surface area (Å²) in [6.45, 7) is 5.02. The van der Waals surface area contributed by atoms with E-state index in [-0.39, 0.29) is 24.8 Å². The van der Waals surface area contributed by atoms with Crippen molar-refractivity contribution >= 4 is 40.8 Å². The minimum absolute atomic E-state index is 0.0308. The van der Waals surface area contributed by atoms with Gasteiger partial charge in [0, 0.05) is 18.7 Å². The van der Waals surface area contributed by atoms with Gasteiger partial charge in [0.15, 0.2) is 6.61 Å². The van der Waals surface area contributed by atoms with E-state index in [1.165, 1.54) is 4.90 Å². The van der Waals surface area contributed by atoms with E-state index in [9.17, 15) is 19.2 Å². The molecule has 1 saturated heterocycles. The molecule has 0 radical (unpaired) electrons. The molecule has 0 saturated carbocycles. The van der Waals surface area contributed by atoms with Gasteiger partial charge in [-0.15, -0.1) is 0 Å². The van der Waals surface area contributed by atoms with Crippen LogP contribution >= 0.6 is 0 Å². The predicted molar refractivity (Wildman–Crippen MR) is 124 cm³/mol. The highest BCUT2D eigenvalue weighted by Gasteiger charge is 2.44. The fourth-order valence-electron chi connectivity index (χ4n) is 4.24. The number of nitrogens with zero attached hydrogens (tertiary/aromatic N) is 2. The third kappa shape index (κ3) is 4.20. The van der Waals surface area contributed by atoms with Crippen molar-refractivity contribution in [2.45, 2.75) is 39.2 Å². The number of anilines is 3. The number of carbonyl (C=O) groups excluding carboxylic acids is 4. The van der Waals surface area contributed by atoms with E-state index in [1.54, 1.807) is 43.0 Å². The van der Waals surface area contributed by atoms with Gasteiger partial charge in [-0.1, -0.05) is 31.2 Å². The summed E-state index contributed by atoms with van der Waals surface area (Å²) in [5.74, 6) is -2.24. The zero-order chi connectivity index (χ0) is 23.8. The van der Waals surface area contributed by atoms with Crippen LogP contribution in [0, 0.1) is 5.92 Å². The molecule has 8 heteroatoms. The zero-order valence-corrected chi connectivity index (χ0v) is 19.0. The first-order valence-electron chi connectivity index (χ1n) is 11.0. The van der Waals surface area contributed by atoms with E-state index >= 15 is 0 Å². The summed E-state index contributed by atoms with van der Waals surface area (Å²) >= 11 is 0. The number of esters is 1. The smallest absolute Gasteiger partial charge is 0.311 e. The van der Waals surface area contributed by atoms with Crippen LogP contribution in [0.3, 0.4) is 0 Å². The van der Waals surface area contributed by atoms with Crippen molar-refractivity contribution in [2.75, 3.05) is 28.3 Å². The average Bonchev–Trinajstić information content (AvgIpc) is 3.19. The minimum Gasteiger partial charge on any atom is -0.455 e. The standard InChI is InChI=1S/C25H27N3O5/c1-4-16-9-11-18(12-10-16)27-14-17(13-21(27)29)23(31)33-15-22(30)28-20-8-6-5-7-19(20)26-24(32)25(28,2)3/h5-12,17H,4,13-15H2,1-3H3,(H,26,32). The van der Waals surface area contributed by atoms with E-state index in [4.69, 9.17) is 4.74 Å². The van der Waals surface area contributed by atoms with Crippen molar-refractivity contribution in [3.05, 3.63) is 54.1 Å². The SMILES string of the molecule is CCc1ccc(N2CC(C(=O)OCC(=O)N3c4ccccc4NC(=O)C3(C)C)CC2=O)cc1. The Hall–Kier alpha value is -3.68. The Morgan fingerprint density at radius 2 is 1.79 bits per heavy atom. The summed E-state index contributed by atoms with van der Waals surface area (Å²) < 4.78 is 5.31. The van der Waals surface area contributed by atoms with Gasteiger partial charge in [0.25, 0.3) is 5.91 Å². The molecule has 8 nitrogen and oxygen atoms in total. The van der Waals surface area contributed by atoms with Gasteiger partial charge >= 0.3 is 5.97 Å². The monoisotopic (exact) mass is 449 g/mol. The average molecular weight is 450 g/mol. The Morgan fingerprint density at radius 1 is 1.09 bits per heavy atom. The molecule has 2 aliphatic rings. The summed E-state index contributed by atoms with van der Waals surface area (Å²) in [6, 6.07) is 14.6. The number of carbonyl (C=O) groups is 4. The van der Waals surface area contributed by atoms with E-state index in [1.807, 2.05) is 24.3 Å². The molecule has 172 valence electrons. The van der Waals surface area contributed by atoms with Crippen LogP contribution in [0.4, 0.5) is 17.1 Å². The number of fused-ring (bicyclic) bond motifs is 1. The molecule has 3 amide bonds. The fraction of sp³-hybridized carbons (Fsp3) is 0.360. The van der Waals surface area contributed by atoms with Gasteiger partial charge in [-0.05, 0) is 50.1 Å². The largest absolute Gasteiger partial charge is 0.455 e. The number of aryl methyl sites for hydroxylation is 1. The highest BCUT2D eigenvalue weighted by molar-refractivity contribution is 6.14. The lowest BCUT2D eigenvalue weighted by Crippen LogP contribution is -2.59. The molecule has 0 aliphatic carbocycles. The lowest BCUT2D eigenvalue weighted by molar-refractivity contribution is -0.152. The van der Waals surface area contributed by atoms with Crippen LogP contribution in [0.15, 0.2) is 48.5 Å². The molecule has 1 N–H and O–H groups in total. The van der Waals surface area contributed by atoms with Crippen molar-refractivity contribution < 1.29 is 23.9 Å². The van der Waals surface area contributed by atoms with Gasteiger partial charge in [-0.25, -0.2) is 0 Å². The van der Waals surface area contributed by atoms with Crippen LogP contribution < -0.4 is 15.1 Å². The topological polar surface area (TPSA) is 96.0 Å². The molecule has 0 bridgehead atoms. The van der Waals surface area contributed by atoms with Gasteiger partial charge in [-0.2, -0.15) is 0 Å². The van der Waals surface area contributed by atoms with Gasteiger partial charge in [-0.3, -0.25) is 24.1 Å². The lowest BCUT2D eigenvalue weighted by Gasteiger charge is -2.41. The van der Waals surface area contributed by atoms with E-state index < -0.39 is 29.9 Å². The van der Waals surface area contributed by atoms with Gasteiger partial charge in [0.1, 0.15) is 5.54 Å². The van der Waals surface area contributed by atoms with Crippen LogP contribution in [0.5, 0.6) is 0 Å². The Labute approximate surface area is 192 Å². The maximum atomic E-state index is 13.0. The second-order valence-electron chi connectivity index (χ2n) is 8.79. The number of hydrogen-bond donors (Lipinski definition) is 1. The van der Waals surface area contributed by atoms with Gasteiger partial charge in [0.2, 0.25) is 11.8 Å². The first kappa shape index (κ1) is 22.5. The van der Waals surface area contributed by atoms with Crippen LogP contribution in [-0.2, 0) is 30.3 Å². The molecular formula is C25H27N3O5. The number of ether oxygens (including phenoxy) is 1. The molecule has 2 aromatic rings. The Bertz CT molecular complexity index is 1110. The second-order valence-corrected chi connectivity index (χ2v) is 8.79. The van der Waals surface area contributed by atoms with Crippen molar-refractivity contribution in [3.63, 3.8) is 0 Å². The van der Waals surface area contributed by atoms with Crippen LogP contribution in [0.25, 0.3) is 0 Å². The van der Waals surface area contributed by atoms with Crippen LogP contribution in [0.2, 0.25) is 0 Å². The first-order valence-corrected chi connectivity index (χ1v) is 11.0. The maximum absolute atomic E-state index is 13.0. The number of rotatable bonds is 5. The van der Waals surface area contributed by atoms with Gasteiger partial charge in [0.05, 0.1) is 17.3 Å². The summed E-state index contributed by atoms with van der Waals surface area (Å²) in [5, 5.41) is 2.79. The minimum atomic E-state index is -1.15. The molecule has 4 rings (SSSR count). The lowest BCUT2D eigenvalue weighted by atomic mass is 9.96. The van der Waals surface area contributed by atoms with E-state index in [2.05, 4.69) is 12.2 Å². The highest BCUT2D eigenvalue weighted by Crippen LogP contribution is 2.36. The van der Waals surface area contributed by atoms with Gasteiger partial charge < -0.3 is 15.0 Å². The number of para-hydroxylation sites is 2. The maximum Gasteiger partial charge on any atom is 0.311 e. The predicted octanol–water partition coefficient (Wildman–Crippen LogP) is 2.91. The van der Waals surface area contributed by atoms with Crippen LogP contribution in [-0.4, -0.2) is 42.4 Å². The molecule has 1 fully saturated rings. The molecule has 1 unspecified atom stereocenters. The van der Waals surface area contributed by atoms with Crippen molar-refractivity contribution in [3.8, 4) is 0 Å². The van der Waals surface area contributed by atoms with Crippen molar-refractivity contribution in [1.82, 2.24) is 0 Å². The summed E-state index contributed by atoms with van der Waals surface area (Å²) in [5.41, 5.74) is 1.81. The summed E-state index contributed by atoms with van der Waals surface area (Å²) in [7, 11) is 0. The molecular weight excluding hydrogens is 422 g/mol. The third-order valence-corrected chi connectivity index (χ3v) is 6.21. The second kappa shape index (κ2) is 8.69. The Kier molecular flexibility index (Phi) is 5.93. The number of nitrogens with one attached hydrogen (secondary N) is 1. The van der Waals surface area contributed by atoms with Crippen molar-refractivity contribution in [1.29, 1.82) is 0 Å². The normalized spacial score (nSPS) is 19.2. The molecule has 33 heavy (non-hydrogen) atoms. The highest BCUT2D eigenvalue weighted by atomic mass is 16.5. The quantitative estimate of drug-likeness (QED) is 0.708. The molecule has 2 aliphatic heterocycles. The molecule has 0 spiro atoms. The molecule has 2 aromatic carbocycles. The van der Waals surface area contributed by atoms with E-state index in [0.29, 0.717) is 11.4 Å². The Balaban J connectivity index is 1.42. The molecule has 1 atom stereocenters. The number of benzene rings is 2. The third-order valence-electron chi connectivity index (χ3n) is 6.21. The molecule has 0 aromatic heterocycles. The summed E-state index contributed by atoms with van der Waals surface area (Å²) in [4.78, 5) is 53.7. The number of hydrogen-bond acceptors (Lipinski definition) is 5. The molecule has 2 heterocycles. The van der Waals surface area contributed by atoms with E-state index in [0.717, 1.165) is 17.7 Å². The summed E-state index contributed by atoms with van der Waals surface area (Å²) in [6.07, 6.45) is 0.931. The zero-order valence-electron chi connectivity index (χ0n) is 19.0.